The number of nitrogens with zero attached hydrogens (tertiary/aromatic N) is 2. The maximum Gasteiger partial charge on any atom is 0.419 e. The zero-order valence-electron chi connectivity index (χ0n) is 10.5. The summed E-state index contributed by atoms with van der Waals surface area (Å²) in [6.45, 7) is 5.17. The molecule has 0 radical (unpaired) electrons. The van der Waals surface area contributed by atoms with Gasteiger partial charge >= 0.3 is 5.76 Å². The molecule has 3 rings (SSSR count). The van der Waals surface area contributed by atoms with Crippen LogP contribution in [0.15, 0.2) is 27.4 Å². The molecule has 5 heteroatoms. The van der Waals surface area contributed by atoms with Crippen LogP contribution in [-0.2, 0) is 13.6 Å². The molecule has 2 heterocycles. The van der Waals surface area contributed by atoms with E-state index in [1.807, 2.05) is 18.2 Å². The molecule has 1 fully saturated rings. The van der Waals surface area contributed by atoms with Crippen molar-refractivity contribution < 1.29 is 4.42 Å². The Morgan fingerprint density at radius 3 is 2.89 bits per heavy atom. The van der Waals surface area contributed by atoms with Crippen molar-refractivity contribution in [2.24, 2.45) is 7.05 Å². The van der Waals surface area contributed by atoms with Gasteiger partial charge in [-0.05, 0) is 17.7 Å². The van der Waals surface area contributed by atoms with Crippen LogP contribution >= 0.6 is 0 Å². The van der Waals surface area contributed by atoms with Crippen molar-refractivity contribution in [1.82, 2.24) is 14.8 Å². The summed E-state index contributed by atoms with van der Waals surface area (Å²) in [4.78, 5) is 13.8. The Morgan fingerprint density at radius 1 is 1.33 bits per heavy atom. The standard InChI is InChI=1S/C13H17N3O2/c1-15-11-8-10(2-3-12(11)18-13(15)17)9-16-6-4-14-5-7-16/h2-3,8,14H,4-7,9H2,1H3. The zero-order valence-corrected chi connectivity index (χ0v) is 10.5. The van der Waals surface area contributed by atoms with Crippen molar-refractivity contribution in [2.75, 3.05) is 26.2 Å². The SMILES string of the molecule is Cn1c(=O)oc2ccc(CN3CCNCC3)cc21. The lowest BCUT2D eigenvalue weighted by Gasteiger charge is -2.27. The number of aryl methyl sites for hydroxylation is 1. The Labute approximate surface area is 105 Å². The first-order valence-corrected chi connectivity index (χ1v) is 6.25. The monoisotopic (exact) mass is 247 g/mol. The second-order valence-electron chi connectivity index (χ2n) is 4.76. The molecule has 0 unspecified atom stereocenters. The predicted octanol–water partition coefficient (Wildman–Crippen LogP) is 0.537. The van der Waals surface area contributed by atoms with Crippen molar-refractivity contribution in [3.63, 3.8) is 0 Å². The fourth-order valence-electron chi connectivity index (χ4n) is 2.40. The van der Waals surface area contributed by atoms with Crippen molar-refractivity contribution in [3.05, 3.63) is 34.3 Å². The first-order valence-electron chi connectivity index (χ1n) is 6.25. The summed E-state index contributed by atoms with van der Waals surface area (Å²) >= 11 is 0. The summed E-state index contributed by atoms with van der Waals surface area (Å²) in [6, 6.07) is 5.96. The fourth-order valence-corrected chi connectivity index (χ4v) is 2.40. The first-order chi connectivity index (χ1) is 8.74. The van der Waals surface area contributed by atoms with Crippen molar-refractivity contribution in [3.8, 4) is 0 Å². The topological polar surface area (TPSA) is 50.4 Å². The Hall–Kier alpha value is -1.59. The maximum absolute atomic E-state index is 11.4. The van der Waals surface area contributed by atoms with Crippen LogP contribution in [0.5, 0.6) is 0 Å². The van der Waals surface area contributed by atoms with E-state index in [0.29, 0.717) is 5.58 Å². The number of aromatic nitrogens is 1. The molecule has 0 amide bonds. The molecule has 5 nitrogen and oxygen atoms in total. The van der Waals surface area contributed by atoms with Gasteiger partial charge in [-0.2, -0.15) is 0 Å². The highest BCUT2D eigenvalue weighted by atomic mass is 16.4. The predicted molar refractivity (Wildman–Crippen MR) is 69.6 cm³/mol. The summed E-state index contributed by atoms with van der Waals surface area (Å²) in [5.74, 6) is -0.302. The van der Waals surface area contributed by atoms with Crippen LogP contribution in [0.2, 0.25) is 0 Å². The molecule has 0 spiro atoms. The molecule has 0 aliphatic carbocycles. The van der Waals surface area contributed by atoms with Gasteiger partial charge in [0.25, 0.3) is 0 Å². The normalized spacial score (nSPS) is 17.4. The molecule has 2 aromatic rings. The summed E-state index contributed by atoms with van der Waals surface area (Å²) in [5, 5.41) is 3.34. The van der Waals surface area contributed by atoms with Crippen LogP contribution in [0, 0.1) is 0 Å². The Bertz CT molecular complexity index is 608. The maximum atomic E-state index is 11.4. The van der Waals surface area contributed by atoms with Gasteiger partial charge in [-0.1, -0.05) is 6.07 Å². The first kappa shape index (κ1) is 11.5. The zero-order chi connectivity index (χ0) is 12.5. The van der Waals surface area contributed by atoms with Gasteiger partial charge in [0.15, 0.2) is 5.58 Å². The number of fused-ring (bicyclic) bond motifs is 1. The molecular formula is C13H17N3O2. The minimum Gasteiger partial charge on any atom is -0.408 e. The average molecular weight is 247 g/mol. The third-order valence-electron chi connectivity index (χ3n) is 3.47. The molecule has 1 aliphatic heterocycles. The molecule has 18 heavy (non-hydrogen) atoms. The molecule has 1 saturated heterocycles. The molecule has 0 atom stereocenters. The van der Waals surface area contributed by atoms with E-state index in [1.165, 1.54) is 5.56 Å². The molecule has 0 saturated carbocycles. The average Bonchev–Trinajstić information content (AvgIpc) is 2.67. The van der Waals surface area contributed by atoms with E-state index in [9.17, 15) is 4.79 Å². The summed E-state index contributed by atoms with van der Waals surface area (Å²) in [7, 11) is 1.74. The van der Waals surface area contributed by atoms with Gasteiger partial charge in [-0.15, -0.1) is 0 Å². The van der Waals surface area contributed by atoms with Gasteiger partial charge in [0, 0.05) is 39.8 Å². The molecular weight excluding hydrogens is 230 g/mol. The number of benzene rings is 1. The highest BCUT2D eigenvalue weighted by molar-refractivity contribution is 5.73. The van der Waals surface area contributed by atoms with E-state index in [2.05, 4.69) is 10.2 Å². The minimum absolute atomic E-state index is 0.302. The second kappa shape index (κ2) is 4.59. The van der Waals surface area contributed by atoms with Crippen LogP contribution in [-0.4, -0.2) is 35.6 Å². The van der Waals surface area contributed by atoms with E-state index in [1.54, 1.807) is 11.6 Å². The van der Waals surface area contributed by atoms with Gasteiger partial charge in [0.05, 0.1) is 5.52 Å². The molecule has 1 aromatic heterocycles. The summed E-state index contributed by atoms with van der Waals surface area (Å²) in [6.07, 6.45) is 0. The summed E-state index contributed by atoms with van der Waals surface area (Å²) < 4.78 is 6.68. The fraction of sp³-hybridized carbons (Fsp3) is 0.462. The van der Waals surface area contributed by atoms with Crippen molar-refractivity contribution >= 4 is 11.1 Å². The van der Waals surface area contributed by atoms with Crippen molar-refractivity contribution in [1.29, 1.82) is 0 Å². The lowest BCUT2D eigenvalue weighted by atomic mass is 10.2. The molecule has 1 N–H and O–H groups in total. The van der Waals surface area contributed by atoms with Crippen LogP contribution in [0.25, 0.3) is 11.1 Å². The Kier molecular flexibility index (Phi) is 2.93. The number of hydrogen-bond donors (Lipinski definition) is 1. The number of oxazole rings is 1. The lowest BCUT2D eigenvalue weighted by molar-refractivity contribution is 0.233. The van der Waals surface area contributed by atoms with Gasteiger partial charge in [-0.3, -0.25) is 9.47 Å². The molecule has 1 aromatic carbocycles. The van der Waals surface area contributed by atoms with Gasteiger partial charge in [0.1, 0.15) is 0 Å². The quantitative estimate of drug-likeness (QED) is 0.841. The third kappa shape index (κ3) is 2.07. The number of nitrogens with one attached hydrogen (secondary N) is 1. The lowest BCUT2D eigenvalue weighted by Crippen LogP contribution is -2.42. The van der Waals surface area contributed by atoms with Gasteiger partial charge in [0.2, 0.25) is 0 Å². The Balaban J connectivity index is 1.88. The smallest absolute Gasteiger partial charge is 0.408 e. The minimum atomic E-state index is -0.302. The molecule has 1 aliphatic rings. The molecule has 96 valence electrons. The summed E-state index contributed by atoms with van der Waals surface area (Å²) in [5.41, 5.74) is 2.75. The van der Waals surface area contributed by atoms with Crippen LogP contribution in [0.3, 0.4) is 0 Å². The van der Waals surface area contributed by atoms with E-state index >= 15 is 0 Å². The van der Waals surface area contributed by atoms with E-state index in [-0.39, 0.29) is 5.76 Å². The largest absolute Gasteiger partial charge is 0.419 e. The number of rotatable bonds is 2. The van der Waals surface area contributed by atoms with Crippen LogP contribution in [0.1, 0.15) is 5.56 Å². The highest BCUT2D eigenvalue weighted by Crippen LogP contribution is 2.15. The van der Waals surface area contributed by atoms with Crippen molar-refractivity contribution in [2.45, 2.75) is 6.54 Å². The molecule has 0 bridgehead atoms. The second-order valence-corrected chi connectivity index (χ2v) is 4.76. The Morgan fingerprint density at radius 2 is 2.11 bits per heavy atom. The van der Waals surface area contributed by atoms with Crippen LogP contribution in [0.4, 0.5) is 0 Å². The third-order valence-corrected chi connectivity index (χ3v) is 3.47. The van der Waals surface area contributed by atoms with E-state index in [4.69, 9.17) is 4.42 Å². The van der Waals surface area contributed by atoms with Gasteiger partial charge in [-0.25, -0.2) is 4.79 Å². The van der Waals surface area contributed by atoms with Gasteiger partial charge < -0.3 is 9.73 Å². The highest BCUT2D eigenvalue weighted by Gasteiger charge is 2.11. The van der Waals surface area contributed by atoms with Crippen LogP contribution < -0.4 is 11.1 Å². The number of hydrogen-bond acceptors (Lipinski definition) is 4. The number of piperazine rings is 1. The van der Waals surface area contributed by atoms with E-state index < -0.39 is 0 Å². The van der Waals surface area contributed by atoms with E-state index in [0.717, 1.165) is 38.2 Å².